The summed E-state index contributed by atoms with van der Waals surface area (Å²) in [5.74, 6) is 0. The Kier molecular flexibility index (Phi) is 4.28. The van der Waals surface area contributed by atoms with Gasteiger partial charge in [0.15, 0.2) is 0 Å². The maximum absolute atomic E-state index is 5.94. The molecule has 1 atom stereocenters. The van der Waals surface area contributed by atoms with Crippen molar-refractivity contribution in [1.82, 2.24) is 20.3 Å². The molecular formula is C13H19ClN4S. The third kappa shape index (κ3) is 3.78. The van der Waals surface area contributed by atoms with Gasteiger partial charge in [-0.15, -0.1) is 16.4 Å². The summed E-state index contributed by atoms with van der Waals surface area (Å²) in [6.45, 7) is 9.14. The van der Waals surface area contributed by atoms with Crippen molar-refractivity contribution < 1.29 is 0 Å². The second-order valence-electron chi connectivity index (χ2n) is 5.57. The fraction of sp³-hybridized carbons (Fsp3) is 0.538. The zero-order valence-corrected chi connectivity index (χ0v) is 13.2. The molecule has 2 aromatic heterocycles. The molecule has 2 rings (SSSR count). The van der Waals surface area contributed by atoms with Crippen LogP contribution in [0.15, 0.2) is 18.3 Å². The van der Waals surface area contributed by atoms with Crippen LogP contribution in [0.3, 0.4) is 0 Å². The summed E-state index contributed by atoms with van der Waals surface area (Å²) in [5.41, 5.74) is 0.919. The predicted octanol–water partition coefficient (Wildman–Crippen LogP) is 3.60. The van der Waals surface area contributed by atoms with E-state index in [9.17, 15) is 0 Å². The van der Waals surface area contributed by atoms with Gasteiger partial charge in [-0.25, -0.2) is 4.68 Å². The molecule has 0 radical (unpaired) electrons. The number of thiophene rings is 1. The van der Waals surface area contributed by atoms with E-state index in [-0.39, 0.29) is 11.6 Å². The lowest BCUT2D eigenvalue weighted by molar-refractivity contribution is 0.347. The van der Waals surface area contributed by atoms with E-state index in [0.29, 0.717) is 6.54 Å². The fourth-order valence-corrected chi connectivity index (χ4v) is 2.71. The number of halogens is 1. The van der Waals surface area contributed by atoms with Crippen molar-refractivity contribution in [2.45, 2.75) is 45.8 Å². The lowest BCUT2D eigenvalue weighted by atomic mass is 10.1. The van der Waals surface area contributed by atoms with Crippen LogP contribution in [0.2, 0.25) is 4.34 Å². The van der Waals surface area contributed by atoms with Crippen LogP contribution < -0.4 is 5.32 Å². The maximum Gasteiger partial charge on any atom is 0.0965 e. The molecule has 0 aliphatic rings. The zero-order chi connectivity index (χ0) is 14.0. The molecule has 0 spiro atoms. The molecule has 0 amide bonds. The first-order chi connectivity index (χ1) is 8.86. The first-order valence-corrected chi connectivity index (χ1v) is 7.46. The molecule has 0 aliphatic heterocycles. The molecule has 19 heavy (non-hydrogen) atoms. The van der Waals surface area contributed by atoms with Gasteiger partial charge >= 0.3 is 0 Å². The summed E-state index contributed by atoms with van der Waals surface area (Å²) in [5, 5.41) is 11.8. The summed E-state index contributed by atoms with van der Waals surface area (Å²) < 4.78 is 2.71. The second kappa shape index (κ2) is 5.61. The van der Waals surface area contributed by atoms with Gasteiger partial charge in [0.1, 0.15) is 0 Å². The number of nitrogens with zero attached hydrogens (tertiary/aromatic N) is 3. The predicted molar refractivity (Wildman–Crippen MR) is 79.6 cm³/mol. The number of hydrogen-bond acceptors (Lipinski definition) is 4. The topological polar surface area (TPSA) is 42.7 Å². The Balaban J connectivity index is 1.94. The van der Waals surface area contributed by atoms with Crippen molar-refractivity contribution in [3.63, 3.8) is 0 Å². The van der Waals surface area contributed by atoms with Gasteiger partial charge in [0.25, 0.3) is 0 Å². The van der Waals surface area contributed by atoms with Crippen LogP contribution in [0.5, 0.6) is 0 Å². The minimum absolute atomic E-state index is 0.0296. The van der Waals surface area contributed by atoms with Gasteiger partial charge < -0.3 is 5.32 Å². The lowest BCUT2D eigenvalue weighted by Gasteiger charge is -2.17. The standard InChI is InChI=1S/C13H19ClN4S/c1-9(11-5-6-12(14)19-11)15-7-10-8-18(17-16-10)13(2,3)4/h5-6,8-9,15H,7H2,1-4H3. The third-order valence-electron chi connectivity index (χ3n) is 2.84. The number of aromatic nitrogens is 3. The van der Waals surface area contributed by atoms with E-state index in [0.717, 1.165) is 10.0 Å². The van der Waals surface area contributed by atoms with Crippen molar-refractivity contribution in [3.05, 3.63) is 33.2 Å². The molecule has 6 heteroatoms. The summed E-state index contributed by atoms with van der Waals surface area (Å²) in [4.78, 5) is 1.23. The summed E-state index contributed by atoms with van der Waals surface area (Å²) in [6.07, 6.45) is 1.99. The highest BCUT2D eigenvalue weighted by Crippen LogP contribution is 2.26. The van der Waals surface area contributed by atoms with Crippen LogP contribution in [-0.2, 0) is 12.1 Å². The molecule has 2 aromatic rings. The third-order valence-corrected chi connectivity index (χ3v) is 4.25. The van der Waals surface area contributed by atoms with Crippen molar-refractivity contribution in [3.8, 4) is 0 Å². The molecule has 0 bridgehead atoms. The molecule has 0 aliphatic carbocycles. The minimum Gasteiger partial charge on any atom is -0.304 e. The van der Waals surface area contributed by atoms with E-state index in [1.165, 1.54) is 4.88 Å². The second-order valence-corrected chi connectivity index (χ2v) is 7.32. The van der Waals surface area contributed by atoms with E-state index in [1.807, 2.05) is 16.9 Å². The highest BCUT2D eigenvalue weighted by Gasteiger charge is 2.15. The van der Waals surface area contributed by atoms with Crippen LogP contribution in [-0.4, -0.2) is 15.0 Å². The SMILES string of the molecule is CC(NCc1cn(C(C)(C)C)nn1)c1ccc(Cl)s1. The van der Waals surface area contributed by atoms with Gasteiger partial charge in [0, 0.05) is 17.5 Å². The number of nitrogens with one attached hydrogen (secondary N) is 1. The molecule has 0 fully saturated rings. The Morgan fingerprint density at radius 3 is 2.68 bits per heavy atom. The van der Waals surface area contributed by atoms with Gasteiger partial charge in [-0.05, 0) is 39.8 Å². The van der Waals surface area contributed by atoms with E-state index >= 15 is 0 Å². The fourth-order valence-electron chi connectivity index (χ4n) is 1.63. The molecule has 0 saturated carbocycles. The number of rotatable bonds is 4. The van der Waals surface area contributed by atoms with Gasteiger partial charge in [-0.3, -0.25) is 0 Å². The van der Waals surface area contributed by atoms with Crippen LogP contribution in [0.1, 0.15) is 44.3 Å². The van der Waals surface area contributed by atoms with Crippen molar-refractivity contribution in [1.29, 1.82) is 0 Å². The molecular weight excluding hydrogens is 280 g/mol. The molecule has 4 nitrogen and oxygen atoms in total. The summed E-state index contributed by atoms with van der Waals surface area (Å²) in [7, 11) is 0. The summed E-state index contributed by atoms with van der Waals surface area (Å²) >= 11 is 7.54. The van der Waals surface area contributed by atoms with Crippen molar-refractivity contribution in [2.24, 2.45) is 0 Å². The van der Waals surface area contributed by atoms with E-state index in [1.54, 1.807) is 11.3 Å². The zero-order valence-electron chi connectivity index (χ0n) is 11.6. The molecule has 1 unspecified atom stereocenters. The summed E-state index contributed by atoms with van der Waals surface area (Å²) in [6, 6.07) is 4.24. The Hall–Kier alpha value is -0.910. The molecule has 2 heterocycles. The monoisotopic (exact) mass is 298 g/mol. The van der Waals surface area contributed by atoms with Gasteiger partial charge in [-0.1, -0.05) is 16.8 Å². The van der Waals surface area contributed by atoms with E-state index in [4.69, 9.17) is 11.6 Å². The maximum atomic E-state index is 5.94. The average molecular weight is 299 g/mol. The van der Waals surface area contributed by atoms with Crippen LogP contribution >= 0.6 is 22.9 Å². The molecule has 0 saturated heterocycles. The molecule has 1 N–H and O–H groups in total. The quantitative estimate of drug-likeness (QED) is 0.938. The normalized spacial score (nSPS) is 13.7. The highest BCUT2D eigenvalue weighted by atomic mass is 35.5. The van der Waals surface area contributed by atoms with Gasteiger partial charge in [0.05, 0.1) is 21.8 Å². The Labute approximate surface area is 122 Å². The highest BCUT2D eigenvalue weighted by molar-refractivity contribution is 7.16. The van der Waals surface area contributed by atoms with Gasteiger partial charge in [0.2, 0.25) is 0 Å². The average Bonchev–Trinajstić information content (AvgIpc) is 2.93. The van der Waals surface area contributed by atoms with E-state index in [2.05, 4.69) is 49.4 Å². The smallest absolute Gasteiger partial charge is 0.0965 e. The van der Waals surface area contributed by atoms with Crippen LogP contribution in [0.4, 0.5) is 0 Å². The lowest BCUT2D eigenvalue weighted by Crippen LogP contribution is -2.22. The van der Waals surface area contributed by atoms with E-state index < -0.39 is 0 Å². The Morgan fingerprint density at radius 2 is 2.16 bits per heavy atom. The van der Waals surface area contributed by atoms with Crippen LogP contribution in [0, 0.1) is 0 Å². The minimum atomic E-state index is -0.0296. The Morgan fingerprint density at radius 1 is 1.42 bits per heavy atom. The Bertz CT molecular complexity index is 541. The van der Waals surface area contributed by atoms with Crippen LogP contribution in [0.25, 0.3) is 0 Å². The number of hydrogen-bond donors (Lipinski definition) is 1. The first kappa shape index (κ1) is 14.5. The molecule has 104 valence electrons. The first-order valence-electron chi connectivity index (χ1n) is 6.26. The van der Waals surface area contributed by atoms with Gasteiger partial charge in [-0.2, -0.15) is 0 Å². The largest absolute Gasteiger partial charge is 0.304 e. The van der Waals surface area contributed by atoms with Crippen molar-refractivity contribution >= 4 is 22.9 Å². The van der Waals surface area contributed by atoms with Crippen molar-refractivity contribution in [2.75, 3.05) is 0 Å². The molecule has 0 aromatic carbocycles.